The molecule has 0 unspecified atom stereocenters. The Labute approximate surface area is 177 Å². The highest BCUT2D eigenvalue weighted by atomic mass is 35.5. The molecule has 7 nitrogen and oxygen atoms in total. The van der Waals surface area contributed by atoms with Gasteiger partial charge in [0.05, 0.1) is 29.0 Å². The molecule has 4 aromatic rings. The molecule has 9 heteroatoms. The summed E-state index contributed by atoms with van der Waals surface area (Å²) in [6.07, 6.45) is 3.08. The van der Waals surface area contributed by atoms with Gasteiger partial charge in [0, 0.05) is 17.1 Å². The summed E-state index contributed by atoms with van der Waals surface area (Å²) in [5.41, 5.74) is 1.30. The number of fused-ring (bicyclic) bond motifs is 1. The molecule has 0 aliphatic rings. The van der Waals surface area contributed by atoms with Gasteiger partial charge in [-0.15, -0.1) is 0 Å². The summed E-state index contributed by atoms with van der Waals surface area (Å²) >= 11 is 6.10. The van der Waals surface area contributed by atoms with Crippen LogP contribution in [-0.2, 0) is 16.6 Å². The molecule has 2 N–H and O–H groups in total. The molecule has 0 saturated carbocycles. The van der Waals surface area contributed by atoms with E-state index in [1.165, 1.54) is 24.5 Å². The predicted molar refractivity (Wildman–Crippen MR) is 114 cm³/mol. The highest BCUT2D eigenvalue weighted by molar-refractivity contribution is 7.89. The van der Waals surface area contributed by atoms with Crippen molar-refractivity contribution < 1.29 is 17.6 Å². The van der Waals surface area contributed by atoms with Crippen LogP contribution in [0.4, 0.5) is 5.69 Å². The Bertz CT molecular complexity index is 1320. The highest BCUT2D eigenvalue weighted by Crippen LogP contribution is 2.25. The van der Waals surface area contributed by atoms with E-state index in [0.717, 1.165) is 5.39 Å². The zero-order valence-electron chi connectivity index (χ0n) is 15.5. The van der Waals surface area contributed by atoms with Gasteiger partial charge < -0.3 is 9.73 Å². The number of para-hydroxylation sites is 1. The van der Waals surface area contributed by atoms with E-state index < -0.39 is 15.9 Å². The second kappa shape index (κ2) is 8.27. The number of hydrogen-bond donors (Lipinski definition) is 2. The molecule has 0 spiro atoms. The first kappa shape index (κ1) is 20.1. The van der Waals surface area contributed by atoms with Gasteiger partial charge in [-0.25, -0.2) is 13.1 Å². The van der Waals surface area contributed by atoms with Gasteiger partial charge in [0.25, 0.3) is 5.91 Å². The minimum atomic E-state index is -3.96. The number of pyridine rings is 1. The SMILES string of the molecule is O=C(Nc1cccc2cccnc12)c1ccc(Cl)c(S(=O)(=O)NCc2ccco2)c1. The summed E-state index contributed by atoms with van der Waals surface area (Å²) in [6, 6.07) is 16.5. The molecule has 2 heterocycles. The molecule has 2 aromatic heterocycles. The molecular formula is C21H16ClN3O4S. The van der Waals surface area contributed by atoms with Crippen LogP contribution >= 0.6 is 11.6 Å². The van der Waals surface area contributed by atoms with Crippen LogP contribution in [0.1, 0.15) is 16.1 Å². The van der Waals surface area contributed by atoms with Gasteiger partial charge in [-0.05, 0) is 42.5 Å². The van der Waals surface area contributed by atoms with E-state index in [1.807, 2.05) is 12.1 Å². The van der Waals surface area contributed by atoms with E-state index in [4.69, 9.17) is 16.0 Å². The molecule has 0 aliphatic heterocycles. The van der Waals surface area contributed by atoms with E-state index in [9.17, 15) is 13.2 Å². The molecule has 0 saturated heterocycles. The number of nitrogens with one attached hydrogen (secondary N) is 2. The molecule has 0 aliphatic carbocycles. The van der Waals surface area contributed by atoms with Crippen molar-refractivity contribution in [2.24, 2.45) is 0 Å². The number of benzene rings is 2. The number of aromatic nitrogens is 1. The summed E-state index contributed by atoms with van der Waals surface area (Å²) in [6.45, 7) is -0.0379. The fourth-order valence-corrected chi connectivity index (χ4v) is 4.42. The first-order valence-electron chi connectivity index (χ1n) is 8.91. The maximum absolute atomic E-state index is 12.8. The largest absolute Gasteiger partial charge is 0.468 e. The van der Waals surface area contributed by atoms with Crippen LogP contribution < -0.4 is 10.0 Å². The Morgan fingerprint density at radius 1 is 1.07 bits per heavy atom. The van der Waals surface area contributed by atoms with Crippen LogP contribution in [0.2, 0.25) is 5.02 Å². The van der Waals surface area contributed by atoms with Gasteiger partial charge in [-0.1, -0.05) is 29.8 Å². The van der Waals surface area contributed by atoms with Crippen molar-refractivity contribution in [1.29, 1.82) is 0 Å². The predicted octanol–water partition coefficient (Wildman–Crippen LogP) is 4.21. The summed E-state index contributed by atoms with van der Waals surface area (Å²) in [4.78, 5) is 16.9. The molecule has 30 heavy (non-hydrogen) atoms. The van der Waals surface area contributed by atoms with Crippen LogP contribution in [0.5, 0.6) is 0 Å². The summed E-state index contributed by atoms with van der Waals surface area (Å²) in [7, 11) is -3.96. The smallest absolute Gasteiger partial charge is 0.255 e. The van der Waals surface area contributed by atoms with Crippen molar-refractivity contribution in [3.05, 3.63) is 89.5 Å². The lowest BCUT2D eigenvalue weighted by molar-refractivity contribution is 0.102. The van der Waals surface area contributed by atoms with E-state index in [0.29, 0.717) is 17.0 Å². The quantitative estimate of drug-likeness (QED) is 0.466. The number of carbonyl (C=O) groups excluding carboxylic acids is 1. The third-order valence-electron chi connectivity index (χ3n) is 4.38. The molecular weight excluding hydrogens is 426 g/mol. The maximum atomic E-state index is 12.8. The first-order valence-corrected chi connectivity index (χ1v) is 10.8. The van der Waals surface area contributed by atoms with Crippen LogP contribution in [0, 0.1) is 0 Å². The number of sulfonamides is 1. The van der Waals surface area contributed by atoms with Crippen molar-refractivity contribution in [3.8, 4) is 0 Å². The average molecular weight is 442 g/mol. The topological polar surface area (TPSA) is 101 Å². The lowest BCUT2D eigenvalue weighted by atomic mass is 10.1. The lowest BCUT2D eigenvalue weighted by Crippen LogP contribution is -2.24. The minimum absolute atomic E-state index is 0.00493. The Morgan fingerprint density at radius 2 is 1.90 bits per heavy atom. The Balaban J connectivity index is 1.60. The third kappa shape index (κ3) is 4.20. The number of halogens is 1. The summed E-state index contributed by atoms with van der Waals surface area (Å²) in [5.74, 6) is -0.0284. The molecule has 0 bridgehead atoms. The zero-order chi connectivity index (χ0) is 21.1. The fraction of sp³-hybridized carbons (Fsp3) is 0.0476. The van der Waals surface area contributed by atoms with Crippen molar-refractivity contribution in [2.75, 3.05) is 5.32 Å². The zero-order valence-corrected chi connectivity index (χ0v) is 17.1. The number of rotatable bonds is 6. The Hall–Kier alpha value is -3.20. The molecule has 0 atom stereocenters. The summed E-state index contributed by atoms with van der Waals surface area (Å²) < 4.78 is 32.9. The van der Waals surface area contributed by atoms with Gasteiger partial charge in [0.2, 0.25) is 10.0 Å². The molecule has 4 rings (SSSR count). The maximum Gasteiger partial charge on any atom is 0.255 e. The number of hydrogen-bond acceptors (Lipinski definition) is 5. The van der Waals surface area contributed by atoms with E-state index in [2.05, 4.69) is 15.0 Å². The monoisotopic (exact) mass is 441 g/mol. The van der Waals surface area contributed by atoms with Crippen LogP contribution in [0.15, 0.2) is 82.4 Å². The third-order valence-corrected chi connectivity index (χ3v) is 6.26. The fourth-order valence-electron chi connectivity index (χ4n) is 2.91. The van der Waals surface area contributed by atoms with Gasteiger partial charge in [-0.2, -0.15) is 0 Å². The number of carbonyl (C=O) groups is 1. The van der Waals surface area contributed by atoms with Crippen LogP contribution in [0.3, 0.4) is 0 Å². The lowest BCUT2D eigenvalue weighted by Gasteiger charge is -2.11. The Morgan fingerprint density at radius 3 is 2.70 bits per heavy atom. The minimum Gasteiger partial charge on any atom is -0.468 e. The van der Waals surface area contributed by atoms with Crippen molar-refractivity contribution in [3.63, 3.8) is 0 Å². The van der Waals surface area contributed by atoms with Crippen molar-refractivity contribution in [1.82, 2.24) is 9.71 Å². The van der Waals surface area contributed by atoms with Crippen molar-refractivity contribution in [2.45, 2.75) is 11.4 Å². The average Bonchev–Trinajstić information content (AvgIpc) is 3.26. The van der Waals surface area contributed by atoms with E-state index in [1.54, 1.807) is 36.5 Å². The molecule has 2 aromatic carbocycles. The second-order valence-electron chi connectivity index (χ2n) is 6.38. The number of anilines is 1. The van der Waals surface area contributed by atoms with Crippen molar-refractivity contribution >= 4 is 44.1 Å². The second-order valence-corrected chi connectivity index (χ2v) is 8.53. The van der Waals surface area contributed by atoms with Crippen LogP contribution in [-0.4, -0.2) is 19.3 Å². The van der Waals surface area contributed by atoms with Gasteiger partial charge in [-0.3, -0.25) is 9.78 Å². The van der Waals surface area contributed by atoms with E-state index in [-0.39, 0.29) is 22.0 Å². The molecule has 0 fully saturated rings. The van der Waals surface area contributed by atoms with Gasteiger partial charge in [0.15, 0.2) is 0 Å². The first-order chi connectivity index (χ1) is 14.4. The normalized spacial score (nSPS) is 11.5. The highest BCUT2D eigenvalue weighted by Gasteiger charge is 2.21. The van der Waals surface area contributed by atoms with Crippen LogP contribution in [0.25, 0.3) is 10.9 Å². The number of nitrogens with zero attached hydrogens (tertiary/aromatic N) is 1. The number of amides is 1. The number of furan rings is 1. The standard InChI is InChI=1S/C21H16ClN3O4S/c22-17-9-8-15(12-19(17)30(27,28)24-13-16-6-3-11-29-16)21(26)25-18-7-1-4-14-5-2-10-23-20(14)18/h1-12,24H,13H2,(H,25,26). The molecule has 152 valence electrons. The Kier molecular flexibility index (Phi) is 5.54. The summed E-state index contributed by atoms with van der Waals surface area (Å²) in [5, 5.41) is 3.66. The van der Waals surface area contributed by atoms with Gasteiger partial charge in [0.1, 0.15) is 10.7 Å². The molecule has 1 amide bonds. The molecule has 0 radical (unpaired) electrons. The van der Waals surface area contributed by atoms with Gasteiger partial charge >= 0.3 is 0 Å². The van der Waals surface area contributed by atoms with E-state index >= 15 is 0 Å².